The van der Waals surface area contributed by atoms with E-state index in [2.05, 4.69) is 15.3 Å². The molecule has 96 valence electrons. The van der Waals surface area contributed by atoms with E-state index in [4.69, 9.17) is 0 Å². The maximum absolute atomic E-state index is 11.8. The molecule has 1 aromatic heterocycles. The fourth-order valence-corrected chi connectivity index (χ4v) is 2.06. The average molecular weight is 258 g/mol. The van der Waals surface area contributed by atoms with E-state index in [9.17, 15) is 14.9 Å². The summed E-state index contributed by atoms with van der Waals surface area (Å²) >= 11 is 0. The van der Waals surface area contributed by atoms with Crippen molar-refractivity contribution in [3.63, 3.8) is 0 Å². The zero-order chi connectivity index (χ0) is 13.4. The summed E-state index contributed by atoms with van der Waals surface area (Å²) in [5.74, 6) is 0.433. The number of hydrogen-bond acceptors (Lipinski definition) is 5. The second-order valence-corrected chi connectivity index (χ2v) is 4.25. The molecule has 0 spiro atoms. The van der Waals surface area contributed by atoms with Crippen molar-refractivity contribution in [3.8, 4) is 11.4 Å². The third kappa shape index (κ3) is 2.00. The third-order valence-electron chi connectivity index (χ3n) is 3.05. The highest BCUT2D eigenvalue weighted by atomic mass is 16.6. The van der Waals surface area contributed by atoms with Crippen LogP contribution < -0.4 is 10.9 Å². The van der Waals surface area contributed by atoms with Crippen LogP contribution in [0.1, 0.15) is 11.3 Å². The fourth-order valence-electron chi connectivity index (χ4n) is 2.06. The second-order valence-electron chi connectivity index (χ2n) is 4.25. The zero-order valence-electron chi connectivity index (χ0n) is 9.84. The van der Waals surface area contributed by atoms with Crippen LogP contribution in [0.5, 0.6) is 0 Å². The summed E-state index contributed by atoms with van der Waals surface area (Å²) < 4.78 is 0. The number of nitrogens with zero attached hydrogens (tertiary/aromatic N) is 2. The Hall–Kier alpha value is -2.54. The van der Waals surface area contributed by atoms with Gasteiger partial charge in [-0.05, 0) is 12.1 Å². The molecule has 0 amide bonds. The summed E-state index contributed by atoms with van der Waals surface area (Å²) in [5.41, 5.74) is 1.89. The minimum atomic E-state index is -0.466. The molecule has 0 unspecified atom stereocenters. The van der Waals surface area contributed by atoms with Crippen molar-refractivity contribution in [1.82, 2.24) is 15.3 Å². The number of non-ortho nitro benzene ring substituents is 1. The van der Waals surface area contributed by atoms with Crippen LogP contribution in [0.3, 0.4) is 0 Å². The number of nitro groups is 1. The summed E-state index contributed by atoms with van der Waals surface area (Å²) in [6, 6.07) is 5.93. The van der Waals surface area contributed by atoms with E-state index in [1.54, 1.807) is 12.1 Å². The van der Waals surface area contributed by atoms with Crippen molar-refractivity contribution in [2.75, 3.05) is 0 Å². The van der Waals surface area contributed by atoms with Gasteiger partial charge in [-0.3, -0.25) is 14.9 Å². The lowest BCUT2D eigenvalue weighted by Gasteiger charge is -2.03. The molecule has 0 saturated carbocycles. The van der Waals surface area contributed by atoms with E-state index >= 15 is 0 Å². The summed E-state index contributed by atoms with van der Waals surface area (Å²) in [7, 11) is 0. The van der Waals surface area contributed by atoms with Crippen molar-refractivity contribution in [2.24, 2.45) is 0 Å². The summed E-state index contributed by atoms with van der Waals surface area (Å²) in [4.78, 5) is 29.0. The van der Waals surface area contributed by atoms with E-state index in [1.807, 2.05) is 0 Å². The first-order valence-electron chi connectivity index (χ1n) is 5.73. The minimum absolute atomic E-state index is 0.00826. The Morgan fingerprint density at radius 3 is 2.63 bits per heavy atom. The molecule has 0 atom stereocenters. The van der Waals surface area contributed by atoms with Crippen LogP contribution >= 0.6 is 0 Å². The molecule has 19 heavy (non-hydrogen) atoms. The Bertz CT molecular complexity index is 706. The van der Waals surface area contributed by atoms with E-state index in [-0.39, 0.29) is 11.2 Å². The van der Waals surface area contributed by atoms with E-state index in [1.165, 1.54) is 12.1 Å². The highest BCUT2D eigenvalue weighted by Gasteiger charge is 2.17. The Morgan fingerprint density at radius 2 is 1.95 bits per heavy atom. The fraction of sp³-hybridized carbons (Fsp3) is 0.167. The number of fused-ring (bicyclic) bond motifs is 1. The van der Waals surface area contributed by atoms with Crippen LogP contribution in [0.4, 0.5) is 5.69 Å². The zero-order valence-corrected chi connectivity index (χ0v) is 9.84. The number of H-pyrrole nitrogens is 1. The largest absolute Gasteiger partial charge is 0.307 e. The molecule has 2 heterocycles. The number of nitro benzene ring substituents is 1. The summed E-state index contributed by atoms with van der Waals surface area (Å²) in [6.45, 7) is 1.09. The van der Waals surface area contributed by atoms with Crippen molar-refractivity contribution < 1.29 is 4.92 Å². The van der Waals surface area contributed by atoms with Crippen molar-refractivity contribution in [3.05, 3.63) is 56.0 Å². The van der Waals surface area contributed by atoms with E-state index in [0.29, 0.717) is 30.0 Å². The van der Waals surface area contributed by atoms with Crippen LogP contribution in [0.25, 0.3) is 11.4 Å². The molecule has 0 saturated heterocycles. The molecule has 1 aromatic carbocycles. The van der Waals surface area contributed by atoms with Gasteiger partial charge in [-0.1, -0.05) is 0 Å². The summed E-state index contributed by atoms with van der Waals surface area (Å²) in [5, 5.41) is 13.6. The molecule has 7 heteroatoms. The first kappa shape index (κ1) is 11.5. The van der Waals surface area contributed by atoms with Gasteiger partial charge in [-0.25, -0.2) is 4.98 Å². The van der Waals surface area contributed by atoms with Crippen molar-refractivity contribution in [1.29, 1.82) is 0 Å². The molecule has 2 N–H and O–H groups in total. The van der Waals surface area contributed by atoms with Crippen molar-refractivity contribution >= 4 is 5.69 Å². The number of rotatable bonds is 2. The predicted molar refractivity (Wildman–Crippen MR) is 67.5 cm³/mol. The molecule has 0 aliphatic carbocycles. The Kier molecular flexibility index (Phi) is 2.60. The van der Waals surface area contributed by atoms with Gasteiger partial charge in [0.2, 0.25) is 0 Å². The SMILES string of the molecule is O=c1[nH]c(-c2ccc([N+](=O)[O-])cc2)nc2c1CNC2. The van der Waals surface area contributed by atoms with Gasteiger partial charge in [0.05, 0.1) is 16.2 Å². The van der Waals surface area contributed by atoms with Gasteiger partial charge >= 0.3 is 0 Å². The lowest BCUT2D eigenvalue weighted by Crippen LogP contribution is -2.15. The number of aromatic nitrogens is 2. The Labute approximate surface area is 107 Å². The maximum Gasteiger partial charge on any atom is 0.269 e. The average Bonchev–Trinajstić information content (AvgIpc) is 2.87. The minimum Gasteiger partial charge on any atom is -0.307 e. The first-order chi connectivity index (χ1) is 9.15. The molecule has 0 fully saturated rings. The topological polar surface area (TPSA) is 101 Å². The van der Waals surface area contributed by atoms with Gasteiger partial charge in [-0.15, -0.1) is 0 Å². The smallest absolute Gasteiger partial charge is 0.269 e. The highest BCUT2D eigenvalue weighted by molar-refractivity contribution is 5.57. The number of benzene rings is 1. The first-order valence-corrected chi connectivity index (χ1v) is 5.73. The van der Waals surface area contributed by atoms with Crippen LogP contribution in [0.15, 0.2) is 29.1 Å². The van der Waals surface area contributed by atoms with Crippen LogP contribution in [-0.2, 0) is 13.1 Å². The van der Waals surface area contributed by atoms with Gasteiger partial charge in [0, 0.05) is 30.8 Å². The predicted octanol–water partition coefficient (Wildman–Crippen LogP) is 0.948. The molecule has 1 aliphatic heterocycles. The van der Waals surface area contributed by atoms with Crippen LogP contribution in [0, 0.1) is 10.1 Å². The van der Waals surface area contributed by atoms with Gasteiger partial charge in [0.25, 0.3) is 11.2 Å². The maximum atomic E-state index is 11.8. The molecule has 0 bridgehead atoms. The molecule has 0 radical (unpaired) electrons. The lowest BCUT2D eigenvalue weighted by molar-refractivity contribution is -0.384. The van der Waals surface area contributed by atoms with Gasteiger partial charge in [-0.2, -0.15) is 0 Å². The molecule has 7 nitrogen and oxygen atoms in total. The van der Waals surface area contributed by atoms with Crippen LogP contribution in [0.2, 0.25) is 0 Å². The van der Waals surface area contributed by atoms with E-state index in [0.717, 1.165) is 5.69 Å². The summed E-state index contributed by atoms with van der Waals surface area (Å²) in [6.07, 6.45) is 0. The Balaban J connectivity index is 2.05. The van der Waals surface area contributed by atoms with Crippen molar-refractivity contribution in [2.45, 2.75) is 13.1 Å². The normalized spacial score (nSPS) is 13.3. The molecule has 3 rings (SSSR count). The standard InChI is InChI=1S/C12H10N4O3/c17-12-9-5-13-6-10(9)14-11(15-12)7-1-3-8(4-2-7)16(18)19/h1-4,13H,5-6H2,(H,14,15,17). The van der Waals surface area contributed by atoms with Gasteiger partial charge < -0.3 is 10.3 Å². The molecule has 2 aromatic rings. The van der Waals surface area contributed by atoms with Gasteiger partial charge in [0.15, 0.2) is 0 Å². The lowest BCUT2D eigenvalue weighted by atomic mass is 10.2. The third-order valence-corrected chi connectivity index (χ3v) is 3.05. The quantitative estimate of drug-likeness (QED) is 0.617. The van der Waals surface area contributed by atoms with E-state index < -0.39 is 4.92 Å². The number of aromatic amines is 1. The Morgan fingerprint density at radius 1 is 1.21 bits per heavy atom. The molecule has 1 aliphatic rings. The highest BCUT2D eigenvalue weighted by Crippen LogP contribution is 2.20. The number of hydrogen-bond donors (Lipinski definition) is 2. The second kappa shape index (κ2) is 4.29. The molecular weight excluding hydrogens is 248 g/mol. The van der Waals surface area contributed by atoms with Crippen LogP contribution in [-0.4, -0.2) is 14.9 Å². The monoisotopic (exact) mass is 258 g/mol. The number of nitrogens with one attached hydrogen (secondary N) is 2. The molecular formula is C12H10N4O3. The van der Waals surface area contributed by atoms with Gasteiger partial charge in [0.1, 0.15) is 5.82 Å².